The molecule has 4 fully saturated rings. The Kier molecular flexibility index (Phi) is 7.00. The van der Waals surface area contributed by atoms with E-state index in [-0.39, 0.29) is 12.2 Å². The van der Waals surface area contributed by atoms with Gasteiger partial charge in [-0.3, -0.25) is 0 Å². The molecule has 1 saturated heterocycles. The fraction of sp³-hybridized carbons (Fsp3) is 0.724. The lowest BCUT2D eigenvalue weighted by Crippen LogP contribution is -2.35. The summed E-state index contributed by atoms with van der Waals surface area (Å²) in [5.74, 6) is 8.39. The summed E-state index contributed by atoms with van der Waals surface area (Å²) >= 11 is 0. The van der Waals surface area contributed by atoms with Gasteiger partial charge in [-0.1, -0.05) is 44.1 Å². The SMILES string of the molecule is C=C1/C(=C\C=C2/CCC[C@]3(C)[C@@H]([C@H](C)CC#CC4OC4C(C)(C)O)CC[C@@H]23)C[C@@H](O)C[C@@H]1O. The molecule has 3 saturated carbocycles. The van der Waals surface area contributed by atoms with Crippen molar-refractivity contribution in [3.63, 3.8) is 0 Å². The number of allylic oxidation sites excluding steroid dienone is 3. The Bertz CT molecular complexity index is 882. The van der Waals surface area contributed by atoms with E-state index in [0.717, 1.165) is 24.0 Å². The largest absolute Gasteiger partial charge is 0.393 e. The Morgan fingerprint density at radius 1 is 1.27 bits per heavy atom. The standard InChI is InChI=1S/C29H42O4/c1-18(8-6-10-26-27(33-26)28(3,4)32)23-13-14-24-20(9-7-15-29(23,24)5)11-12-21-16-22(30)17-25(31)19(21)2/h11-12,18,22-27,30-32H,2,7-9,13-17H2,1,3-5H3/b20-11+,21-12-/t18-,22-,23-,24+,25+,26?,27?,29-/m1/s1. The summed E-state index contributed by atoms with van der Waals surface area (Å²) in [4.78, 5) is 0. The van der Waals surface area contributed by atoms with Gasteiger partial charge in [-0.15, -0.1) is 5.92 Å². The molecule has 8 atom stereocenters. The number of epoxide rings is 1. The van der Waals surface area contributed by atoms with Gasteiger partial charge in [0.1, 0.15) is 12.2 Å². The van der Waals surface area contributed by atoms with Crippen LogP contribution >= 0.6 is 0 Å². The van der Waals surface area contributed by atoms with Crippen LogP contribution in [0.5, 0.6) is 0 Å². The highest BCUT2D eigenvalue weighted by atomic mass is 16.6. The number of hydrogen-bond acceptors (Lipinski definition) is 4. The van der Waals surface area contributed by atoms with Crippen LogP contribution in [0.1, 0.15) is 79.1 Å². The predicted octanol–water partition coefficient (Wildman–Crippen LogP) is 4.70. The van der Waals surface area contributed by atoms with Gasteiger partial charge >= 0.3 is 0 Å². The number of aliphatic hydroxyl groups excluding tert-OH is 2. The third-order valence-corrected chi connectivity index (χ3v) is 8.85. The third-order valence-electron chi connectivity index (χ3n) is 8.85. The van der Waals surface area contributed by atoms with Gasteiger partial charge in [-0.25, -0.2) is 0 Å². The van der Waals surface area contributed by atoms with Gasteiger partial charge in [0.05, 0.1) is 17.8 Å². The average molecular weight is 455 g/mol. The summed E-state index contributed by atoms with van der Waals surface area (Å²) in [6, 6.07) is 0. The molecule has 0 amide bonds. The molecule has 4 heteroatoms. The average Bonchev–Trinajstić information content (AvgIpc) is 3.43. The minimum absolute atomic E-state index is 0.118. The van der Waals surface area contributed by atoms with Crippen molar-refractivity contribution < 1.29 is 20.1 Å². The first-order valence-corrected chi connectivity index (χ1v) is 12.8. The molecule has 2 unspecified atom stereocenters. The zero-order valence-electron chi connectivity index (χ0n) is 20.8. The summed E-state index contributed by atoms with van der Waals surface area (Å²) < 4.78 is 5.53. The van der Waals surface area contributed by atoms with E-state index in [4.69, 9.17) is 4.74 Å². The summed E-state index contributed by atoms with van der Waals surface area (Å²) in [6.07, 6.45) is 11.0. The second kappa shape index (κ2) is 9.34. The first-order valence-electron chi connectivity index (χ1n) is 12.8. The predicted molar refractivity (Wildman–Crippen MR) is 131 cm³/mol. The molecule has 0 aromatic rings. The molecule has 0 aromatic carbocycles. The van der Waals surface area contributed by atoms with Crippen molar-refractivity contribution in [3.8, 4) is 11.8 Å². The Balaban J connectivity index is 1.42. The normalized spacial score (nSPS) is 42.1. The van der Waals surface area contributed by atoms with E-state index in [9.17, 15) is 15.3 Å². The highest BCUT2D eigenvalue weighted by molar-refractivity contribution is 5.38. The van der Waals surface area contributed by atoms with Crippen LogP contribution in [-0.4, -0.2) is 45.3 Å². The Morgan fingerprint density at radius 2 is 2.03 bits per heavy atom. The lowest BCUT2D eigenvalue weighted by atomic mass is 9.61. The summed E-state index contributed by atoms with van der Waals surface area (Å²) in [5.41, 5.74) is 2.76. The monoisotopic (exact) mass is 454 g/mol. The summed E-state index contributed by atoms with van der Waals surface area (Å²) in [7, 11) is 0. The first kappa shape index (κ1) is 24.7. The lowest BCUT2D eigenvalue weighted by molar-refractivity contribution is 0.0482. The molecule has 4 aliphatic rings. The summed E-state index contributed by atoms with van der Waals surface area (Å²) in [5, 5.41) is 30.2. The molecule has 3 N–H and O–H groups in total. The second-order valence-corrected chi connectivity index (χ2v) is 11.8. The Labute approximate surface area is 199 Å². The highest BCUT2D eigenvalue weighted by Crippen LogP contribution is 2.59. The van der Waals surface area contributed by atoms with Crippen molar-refractivity contribution in [2.75, 3.05) is 0 Å². The molecule has 182 valence electrons. The molecule has 3 aliphatic carbocycles. The highest BCUT2D eigenvalue weighted by Gasteiger charge is 2.51. The van der Waals surface area contributed by atoms with Crippen molar-refractivity contribution in [3.05, 3.63) is 35.5 Å². The van der Waals surface area contributed by atoms with Crippen LogP contribution in [-0.2, 0) is 4.74 Å². The van der Waals surface area contributed by atoms with Crippen LogP contribution in [0.15, 0.2) is 35.5 Å². The molecule has 0 radical (unpaired) electrons. The van der Waals surface area contributed by atoms with Crippen LogP contribution in [0.3, 0.4) is 0 Å². The molecule has 4 rings (SSSR count). The van der Waals surface area contributed by atoms with Crippen molar-refractivity contribution in [1.82, 2.24) is 0 Å². The fourth-order valence-electron chi connectivity index (χ4n) is 6.90. The van der Waals surface area contributed by atoms with E-state index < -0.39 is 17.8 Å². The molecule has 1 heterocycles. The minimum atomic E-state index is -0.822. The van der Waals surface area contributed by atoms with Gasteiger partial charge in [-0.05, 0) is 86.7 Å². The zero-order valence-corrected chi connectivity index (χ0v) is 20.8. The van der Waals surface area contributed by atoms with Crippen LogP contribution in [0.25, 0.3) is 0 Å². The molecule has 0 aromatic heterocycles. The van der Waals surface area contributed by atoms with E-state index >= 15 is 0 Å². The van der Waals surface area contributed by atoms with E-state index in [1.54, 1.807) is 13.8 Å². The van der Waals surface area contributed by atoms with E-state index in [2.05, 4.69) is 44.4 Å². The van der Waals surface area contributed by atoms with Crippen molar-refractivity contribution in [1.29, 1.82) is 0 Å². The van der Waals surface area contributed by atoms with Gasteiger partial charge in [0.15, 0.2) is 0 Å². The maximum atomic E-state index is 10.2. The summed E-state index contributed by atoms with van der Waals surface area (Å²) in [6.45, 7) is 12.5. The molecular formula is C29H42O4. The first-order chi connectivity index (χ1) is 15.5. The molecular weight excluding hydrogens is 412 g/mol. The third kappa shape index (κ3) is 5.17. The quantitative estimate of drug-likeness (QED) is 0.425. The maximum Gasteiger partial charge on any atom is 0.147 e. The van der Waals surface area contributed by atoms with E-state index in [0.29, 0.717) is 36.0 Å². The van der Waals surface area contributed by atoms with Gasteiger partial charge in [-0.2, -0.15) is 0 Å². The van der Waals surface area contributed by atoms with Crippen LogP contribution in [0.4, 0.5) is 0 Å². The Morgan fingerprint density at radius 3 is 2.73 bits per heavy atom. The van der Waals surface area contributed by atoms with Crippen molar-refractivity contribution in [2.45, 2.75) is 109 Å². The van der Waals surface area contributed by atoms with Gasteiger partial charge < -0.3 is 20.1 Å². The number of fused-ring (bicyclic) bond motifs is 1. The number of aliphatic hydroxyl groups is 3. The van der Waals surface area contributed by atoms with Crippen molar-refractivity contribution in [2.24, 2.45) is 23.2 Å². The lowest BCUT2D eigenvalue weighted by Gasteiger charge is -2.44. The second-order valence-electron chi connectivity index (χ2n) is 11.8. The number of ether oxygens (including phenoxy) is 1. The van der Waals surface area contributed by atoms with Crippen LogP contribution < -0.4 is 0 Å². The molecule has 0 bridgehead atoms. The number of hydrogen-bond donors (Lipinski definition) is 3. The van der Waals surface area contributed by atoms with Crippen LogP contribution in [0.2, 0.25) is 0 Å². The fourth-order valence-corrected chi connectivity index (χ4v) is 6.90. The van der Waals surface area contributed by atoms with E-state index in [1.165, 1.54) is 31.3 Å². The zero-order chi connectivity index (χ0) is 24.0. The van der Waals surface area contributed by atoms with Gasteiger partial charge in [0.25, 0.3) is 0 Å². The number of rotatable bonds is 4. The molecule has 1 aliphatic heterocycles. The molecule has 33 heavy (non-hydrogen) atoms. The Hall–Kier alpha value is -1.38. The smallest absolute Gasteiger partial charge is 0.147 e. The van der Waals surface area contributed by atoms with Gasteiger partial charge in [0, 0.05) is 12.8 Å². The van der Waals surface area contributed by atoms with Crippen LogP contribution in [0, 0.1) is 35.0 Å². The topological polar surface area (TPSA) is 73.2 Å². The minimum Gasteiger partial charge on any atom is -0.393 e. The van der Waals surface area contributed by atoms with Crippen molar-refractivity contribution >= 4 is 0 Å². The van der Waals surface area contributed by atoms with Gasteiger partial charge in [0.2, 0.25) is 0 Å². The maximum absolute atomic E-state index is 10.2. The molecule has 0 spiro atoms. The van der Waals surface area contributed by atoms with E-state index in [1.807, 2.05) is 0 Å². The molecule has 4 nitrogen and oxygen atoms in total.